The standard InChI is InChI=1S/C18H31NO/c1-7-16(19)12-15-10-13(2)17(14(3)11-15)20-9-8-18(4,5)6/h10-11,16H,7-9,12,19H2,1-6H3. The maximum atomic E-state index is 6.04. The van der Waals surface area contributed by atoms with Gasteiger partial charge in [0.25, 0.3) is 0 Å². The van der Waals surface area contributed by atoms with Crippen LogP contribution in [0.1, 0.15) is 57.2 Å². The van der Waals surface area contributed by atoms with Crippen LogP contribution in [-0.2, 0) is 6.42 Å². The normalized spacial score (nSPS) is 13.3. The summed E-state index contributed by atoms with van der Waals surface area (Å²) in [5.41, 5.74) is 10.1. The van der Waals surface area contributed by atoms with Crippen molar-refractivity contribution < 1.29 is 4.74 Å². The second kappa shape index (κ2) is 7.12. The zero-order valence-corrected chi connectivity index (χ0v) is 14.0. The van der Waals surface area contributed by atoms with Gasteiger partial charge >= 0.3 is 0 Å². The number of rotatable bonds is 6. The molecule has 0 aliphatic rings. The maximum absolute atomic E-state index is 6.04. The fraction of sp³-hybridized carbons (Fsp3) is 0.667. The molecule has 0 fully saturated rings. The van der Waals surface area contributed by atoms with Crippen LogP contribution in [0.5, 0.6) is 5.75 Å². The SMILES string of the molecule is CCC(N)Cc1cc(C)c(OCCC(C)(C)C)c(C)c1. The molecule has 0 bridgehead atoms. The Morgan fingerprint density at radius 3 is 2.15 bits per heavy atom. The van der Waals surface area contributed by atoms with Gasteiger partial charge in [-0.05, 0) is 55.2 Å². The highest BCUT2D eigenvalue weighted by atomic mass is 16.5. The first-order valence-corrected chi connectivity index (χ1v) is 7.71. The number of hydrogen-bond acceptors (Lipinski definition) is 2. The predicted octanol–water partition coefficient (Wildman–Crippen LogP) is 4.40. The van der Waals surface area contributed by atoms with Crippen molar-refractivity contribution in [3.05, 3.63) is 28.8 Å². The predicted molar refractivity (Wildman–Crippen MR) is 87.5 cm³/mol. The van der Waals surface area contributed by atoms with E-state index in [2.05, 4.69) is 53.7 Å². The molecule has 0 aliphatic heterocycles. The fourth-order valence-electron chi connectivity index (χ4n) is 2.29. The molecule has 0 heterocycles. The molecule has 0 aromatic heterocycles. The first-order chi connectivity index (χ1) is 9.23. The summed E-state index contributed by atoms with van der Waals surface area (Å²) in [5, 5.41) is 0. The van der Waals surface area contributed by atoms with Crippen LogP contribution in [0, 0.1) is 19.3 Å². The van der Waals surface area contributed by atoms with Gasteiger partial charge in [-0.3, -0.25) is 0 Å². The number of nitrogens with two attached hydrogens (primary N) is 1. The average molecular weight is 277 g/mol. The topological polar surface area (TPSA) is 35.2 Å². The summed E-state index contributed by atoms with van der Waals surface area (Å²) in [6.07, 6.45) is 3.02. The first-order valence-electron chi connectivity index (χ1n) is 7.71. The molecule has 2 N–H and O–H groups in total. The van der Waals surface area contributed by atoms with Crippen molar-refractivity contribution in [3.8, 4) is 5.75 Å². The Morgan fingerprint density at radius 2 is 1.70 bits per heavy atom. The monoisotopic (exact) mass is 277 g/mol. The second-order valence-corrected chi connectivity index (χ2v) is 7.09. The summed E-state index contributed by atoms with van der Waals surface area (Å²) in [6, 6.07) is 4.69. The van der Waals surface area contributed by atoms with E-state index in [4.69, 9.17) is 10.5 Å². The molecule has 2 heteroatoms. The minimum Gasteiger partial charge on any atom is -0.493 e. The summed E-state index contributed by atoms with van der Waals surface area (Å²) in [6.45, 7) is 13.9. The Balaban J connectivity index is 2.74. The number of benzene rings is 1. The third-order valence-corrected chi connectivity index (χ3v) is 3.64. The van der Waals surface area contributed by atoms with E-state index in [-0.39, 0.29) is 6.04 Å². The minimum atomic E-state index is 0.251. The minimum absolute atomic E-state index is 0.251. The Bertz CT molecular complexity index is 409. The lowest BCUT2D eigenvalue weighted by molar-refractivity contribution is 0.240. The lowest BCUT2D eigenvalue weighted by Gasteiger charge is -2.20. The molecule has 1 rings (SSSR count). The molecule has 1 aromatic rings. The number of ether oxygens (including phenoxy) is 1. The molecule has 0 radical (unpaired) electrons. The Labute approximate surface area is 124 Å². The summed E-state index contributed by atoms with van der Waals surface area (Å²) < 4.78 is 6.00. The molecule has 0 spiro atoms. The Morgan fingerprint density at radius 1 is 1.15 bits per heavy atom. The van der Waals surface area contributed by atoms with E-state index in [9.17, 15) is 0 Å². The van der Waals surface area contributed by atoms with Crippen molar-refractivity contribution in [3.63, 3.8) is 0 Å². The van der Waals surface area contributed by atoms with E-state index in [0.717, 1.165) is 31.6 Å². The summed E-state index contributed by atoms with van der Waals surface area (Å²) in [4.78, 5) is 0. The third kappa shape index (κ3) is 5.54. The molecule has 1 unspecified atom stereocenters. The summed E-state index contributed by atoms with van der Waals surface area (Å²) >= 11 is 0. The second-order valence-electron chi connectivity index (χ2n) is 7.09. The highest BCUT2D eigenvalue weighted by Crippen LogP contribution is 2.27. The molecule has 0 saturated heterocycles. The van der Waals surface area contributed by atoms with Crippen LogP contribution in [0.4, 0.5) is 0 Å². The summed E-state index contributed by atoms with van der Waals surface area (Å²) in [7, 11) is 0. The zero-order valence-electron chi connectivity index (χ0n) is 14.0. The molecule has 1 aromatic carbocycles. The first kappa shape index (κ1) is 17.0. The molecule has 20 heavy (non-hydrogen) atoms. The van der Waals surface area contributed by atoms with E-state index in [1.807, 2.05) is 0 Å². The molecule has 1 atom stereocenters. The van der Waals surface area contributed by atoms with Gasteiger partial charge in [0, 0.05) is 6.04 Å². The summed E-state index contributed by atoms with van der Waals surface area (Å²) in [5.74, 6) is 1.04. The number of hydrogen-bond donors (Lipinski definition) is 1. The molecule has 0 amide bonds. The van der Waals surface area contributed by atoms with Gasteiger partial charge in [0.1, 0.15) is 5.75 Å². The largest absolute Gasteiger partial charge is 0.493 e. The van der Waals surface area contributed by atoms with Gasteiger partial charge in [-0.2, -0.15) is 0 Å². The van der Waals surface area contributed by atoms with Crippen LogP contribution in [0.25, 0.3) is 0 Å². The van der Waals surface area contributed by atoms with Crippen molar-refractivity contribution in [2.45, 2.75) is 66.8 Å². The van der Waals surface area contributed by atoms with Crippen molar-refractivity contribution in [1.29, 1.82) is 0 Å². The molecular formula is C18H31NO. The lowest BCUT2D eigenvalue weighted by atomic mass is 9.93. The fourth-order valence-corrected chi connectivity index (χ4v) is 2.29. The smallest absolute Gasteiger partial charge is 0.125 e. The van der Waals surface area contributed by atoms with E-state index in [1.165, 1.54) is 16.7 Å². The number of aryl methyl sites for hydroxylation is 2. The van der Waals surface area contributed by atoms with Gasteiger partial charge in [0.05, 0.1) is 6.61 Å². The van der Waals surface area contributed by atoms with E-state index in [1.54, 1.807) is 0 Å². The Hall–Kier alpha value is -1.02. The van der Waals surface area contributed by atoms with E-state index in [0.29, 0.717) is 5.41 Å². The van der Waals surface area contributed by atoms with Gasteiger partial charge < -0.3 is 10.5 Å². The highest BCUT2D eigenvalue weighted by Gasteiger charge is 2.12. The van der Waals surface area contributed by atoms with Crippen LogP contribution >= 0.6 is 0 Å². The van der Waals surface area contributed by atoms with Gasteiger partial charge in [0.15, 0.2) is 0 Å². The van der Waals surface area contributed by atoms with Crippen molar-refractivity contribution in [1.82, 2.24) is 0 Å². The van der Waals surface area contributed by atoms with Crippen molar-refractivity contribution >= 4 is 0 Å². The molecule has 0 saturated carbocycles. The van der Waals surface area contributed by atoms with Crippen LogP contribution in [-0.4, -0.2) is 12.6 Å². The van der Waals surface area contributed by atoms with E-state index < -0.39 is 0 Å². The zero-order chi connectivity index (χ0) is 15.3. The third-order valence-electron chi connectivity index (χ3n) is 3.64. The van der Waals surface area contributed by atoms with Crippen LogP contribution in [0.3, 0.4) is 0 Å². The highest BCUT2D eigenvalue weighted by molar-refractivity contribution is 5.43. The van der Waals surface area contributed by atoms with Crippen molar-refractivity contribution in [2.75, 3.05) is 6.61 Å². The van der Waals surface area contributed by atoms with E-state index >= 15 is 0 Å². The van der Waals surface area contributed by atoms with Crippen molar-refractivity contribution in [2.24, 2.45) is 11.1 Å². The van der Waals surface area contributed by atoms with Crippen LogP contribution in [0.15, 0.2) is 12.1 Å². The van der Waals surface area contributed by atoms with Gasteiger partial charge in [-0.15, -0.1) is 0 Å². The van der Waals surface area contributed by atoms with Crippen LogP contribution < -0.4 is 10.5 Å². The molecular weight excluding hydrogens is 246 g/mol. The lowest BCUT2D eigenvalue weighted by Crippen LogP contribution is -2.21. The maximum Gasteiger partial charge on any atom is 0.125 e. The van der Waals surface area contributed by atoms with Crippen LogP contribution in [0.2, 0.25) is 0 Å². The van der Waals surface area contributed by atoms with Gasteiger partial charge in [-0.25, -0.2) is 0 Å². The Kier molecular flexibility index (Phi) is 6.07. The van der Waals surface area contributed by atoms with Gasteiger partial charge in [0.2, 0.25) is 0 Å². The van der Waals surface area contributed by atoms with Gasteiger partial charge in [-0.1, -0.05) is 39.8 Å². The molecule has 2 nitrogen and oxygen atoms in total. The molecule has 0 aliphatic carbocycles. The quantitative estimate of drug-likeness (QED) is 0.836. The molecule has 114 valence electrons. The average Bonchev–Trinajstić information content (AvgIpc) is 2.31.